The van der Waals surface area contributed by atoms with Crippen molar-refractivity contribution in [3.63, 3.8) is 0 Å². The van der Waals surface area contributed by atoms with Gasteiger partial charge in [-0.05, 0) is 52.3 Å². The fraction of sp³-hybridized carbons (Fsp3) is 0.724. The van der Waals surface area contributed by atoms with E-state index >= 15 is 0 Å². The maximum atomic E-state index is 12.8. The van der Waals surface area contributed by atoms with Gasteiger partial charge in [-0.15, -0.1) is 0 Å². The van der Waals surface area contributed by atoms with Gasteiger partial charge in [-0.2, -0.15) is 0 Å². The number of hydrogen-bond donors (Lipinski definition) is 1. The molecule has 0 bridgehead atoms. The third-order valence-electron chi connectivity index (χ3n) is 7.44. The zero-order valence-electron chi connectivity index (χ0n) is 23.3. The SMILES string of the molecule is CC[C@H]1OC(=O)/C=C/[C@H](C)[C@@H](O[C@@H]2O[C@H](C)C[C@H](N(C)C)[C@H]2O)[C@@H](C)C[C@@H](C)C(=O)/C=C/C=C/[C@@H]1C. The van der Waals surface area contributed by atoms with Crippen LogP contribution in [0.1, 0.15) is 60.8 Å². The van der Waals surface area contributed by atoms with Gasteiger partial charge in [0.2, 0.25) is 0 Å². The van der Waals surface area contributed by atoms with Crippen LogP contribution in [0.25, 0.3) is 0 Å². The van der Waals surface area contributed by atoms with Gasteiger partial charge in [-0.1, -0.05) is 58.9 Å². The average molecular weight is 506 g/mol. The zero-order chi connectivity index (χ0) is 27.0. The molecule has 1 saturated heterocycles. The monoisotopic (exact) mass is 505 g/mol. The van der Waals surface area contributed by atoms with Gasteiger partial charge < -0.3 is 24.2 Å². The van der Waals surface area contributed by atoms with Gasteiger partial charge >= 0.3 is 5.97 Å². The lowest BCUT2D eigenvalue weighted by atomic mass is 9.84. The van der Waals surface area contributed by atoms with Gasteiger partial charge in [-0.25, -0.2) is 4.79 Å². The van der Waals surface area contributed by atoms with Crippen molar-refractivity contribution < 1.29 is 28.9 Å². The molecule has 0 aliphatic carbocycles. The number of esters is 1. The van der Waals surface area contributed by atoms with Gasteiger partial charge in [0.25, 0.3) is 0 Å². The van der Waals surface area contributed by atoms with E-state index in [0.29, 0.717) is 19.3 Å². The Morgan fingerprint density at radius 3 is 2.33 bits per heavy atom. The van der Waals surface area contributed by atoms with Crippen LogP contribution >= 0.6 is 0 Å². The molecule has 2 heterocycles. The van der Waals surface area contributed by atoms with Crippen molar-refractivity contribution >= 4 is 11.8 Å². The maximum absolute atomic E-state index is 12.8. The van der Waals surface area contributed by atoms with E-state index < -0.39 is 12.4 Å². The highest BCUT2D eigenvalue weighted by Crippen LogP contribution is 2.31. The Labute approximate surface area is 217 Å². The number of likely N-dealkylation sites (N-methyl/N-ethyl adjacent to an activating group) is 1. The molecule has 1 N–H and O–H groups in total. The van der Waals surface area contributed by atoms with Gasteiger partial charge in [0.1, 0.15) is 12.2 Å². The van der Waals surface area contributed by atoms with Gasteiger partial charge in [0.15, 0.2) is 12.1 Å². The van der Waals surface area contributed by atoms with Crippen molar-refractivity contribution in [2.75, 3.05) is 14.1 Å². The topological polar surface area (TPSA) is 85.3 Å². The number of aliphatic hydroxyl groups is 1. The Bertz CT molecular complexity index is 806. The Hall–Kier alpha value is -1.80. The highest BCUT2D eigenvalue weighted by molar-refractivity contribution is 5.91. The normalized spacial score (nSPS) is 42.1. The van der Waals surface area contributed by atoms with Crippen LogP contribution in [0.3, 0.4) is 0 Å². The number of ketones is 1. The molecule has 1 fully saturated rings. The summed E-state index contributed by atoms with van der Waals surface area (Å²) in [5.41, 5.74) is 0. The number of hydrogen-bond acceptors (Lipinski definition) is 7. The Morgan fingerprint density at radius 1 is 1.00 bits per heavy atom. The van der Waals surface area contributed by atoms with Crippen LogP contribution in [0.4, 0.5) is 0 Å². The van der Waals surface area contributed by atoms with E-state index in [1.165, 1.54) is 6.08 Å². The van der Waals surface area contributed by atoms with Crippen LogP contribution in [-0.4, -0.2) is 72.6 Å². The largest absolute Gasteiger partial charge is 0.459 e. The smallest absolute Gasteiger partial charge is 0.330 e. The first kappa shape index (κ1) is 30.4. The van der Waals surface area contributed by atoms with Gasteiger partial charge in [0.05, 0.1) is 12.2 Å². The molecule has 0 radical (unpaired) electrons. The number of allylic oxidation sites excluding steroid dienone is 3. The molecular formula is C29H47NO6. The Morgan fingerprint density at radius 2 is 1.69 bits per heavy atom. The zero-order valence-corrected chi connectivity index (χ0v) is 23.3. The summed E-state index contributed by atoms with van der Waals surface area (Å²) in [6.45, 7) is 11.9. The molecule has 0 amide bonds. The Kier molecular flexibility index (Phi) is 12.0. The number of aliphatic hydroxyl groups excluding tert-OH is 1. The summed E-state index contributed by atoms with van der Waals surface area (Å²) in [7, 11) is 3.88. The third kappa shape index (κ3) is 8.65. The molecule has 0 spiro atoms. The molecule has 10 atom stereocenters. The van der Waals surface area contributed by atoms with Crippen LogP contribution in [0.5, 0.6) is 0 Å². The number of carbonyl (C=O) groups excluding carboxylic acids is 2. The van der Waals surface area contributed by atoms with E-state index in [9.17, 15) is 14.7 Å². The lowest BCUT2D eigenvalue weighted by Crippen LogP contribution is -2.55. The molecule has 36 heavy (non-hydrogen) atoms. The summed E-state index contributed by atoms with van der Waals surface area (Å²) < 4.78 is 18.2. The standard InChI is InChI=1S/C29H47NO6/c1-9-25-18(2)12-10-11-13-24(31)20(4)16-21(5)28(19(3)14-15-26(32)35-25)36-29-27(33)23(30(7)8)17-22(6)34-29/h10-15,18-23,25,27-29,33H,9,16-17H2,1-8H3/b12-10+,13-11+,15-14+/t18-,19-,20+,21-,22+,23-,25+,27+,28+,29-/m0/s1. The first-order chi connectivity index (χ1) is 16.9. The molecule has 0 saturated carbocycles. The first-order valence-electron chi connectivity index (χ1n) is 13.4. The minimum Gasteiger partial charge on any atom is -0.459 e. The van der Waals surface area contributed by atoms with E-state index in [0.717, 1.165) is 0 Å². The van der Waals surface area contributed by atoms with Gasteiger partial charge in [0, 0.05) is 29.9 Å². The Balaban J connectivity index is 2.33. The number of nitrogens with zero attached hydrogens (tertiary/aromatic N) is 1. The summed E-state index contributed by atoms with van der Waals surface area (Å²) in [6.07, 6.45) is 10.1. The average Bonchev–Trinajstić information content (AvgIpc) is 2.82. The van der Waals surface area contributed by atoms with E-state index in [1.807, 2.05) is 72.7 Å². The summed E-state index contributed by atoms with van der Waals surface area (Å²) >= 11 is 0. The van der Waals surface area contributed by atoms with Gasteiger partial charge in [-0.3, -0.25) is 4.79 Å². The molecule has 2 rings (SSSR count). The second-order valence-electron chi connectivity index (χ2n) is 10.9. The lowest BCUT2D eigenvalue weighted by molar-refractivity contribution is -0.277. The van der Waals surface area contributed by atoms with E-state index in [2.05, 4.69) is 0 Å². The number of ether oxygens (including phenoxy) is 3. The molecule has 0 unspecified atom stereocenters. The van der Waals surface area contributed by atoms with Crippen LogP contribution in [0.2, 0.25) is 0 Å². The highest BCUT2D eigenvalue weighted by Gasteiger charge is 2.40. The van der Waals surface area contributed by atoms with Crippen molar-refractivity contribution in [1.29, 1.82) is 0 Å². The summed E-state index contributed by atoms with van der Waals surface area (Å²) in [5.74, 6) is -0.727. The quantitative estimate of drug-likeness (QED) is 0.570. The third-order valence-corrected chi connectivity index (χ3v) is 7.44. The fourth-order valence-electron chi connectivity index (χ4n) is 5.16. The van der Waals surface area contributed by atoms with Crippen LogP contribution < -0.4 is 0 Å². The first-order valence-corrected chi connectivity index (χ1v) is 13.4. The molecule has 204 valence electrons. The minimum absolute atomic E-state index is 0.0162. The molecule has 2 aliphatic heterocycles. The number of cyclic esters (lactones) is 1. The van der Waals surface area contributed by atoms with Crippen molar-refractivity contribution in [1.82, 2.24) is 4.90 Å². The highest BCUT2D eigenvalue weighted by atomic mass is 16.7. The van der Waals surface area contributed by atoms with Crippen molar-refractivity contribution in [3.8, 4) is 0 Å². The second-order valence-corrected chi connectivity index (χ2v) is 10.9. The summed E-state index contributed by atoms with van der Waals surface area (Å²) in [6, 6.07) is -0.0901. The van der Waals surface area contributed by atoms with Crippen LogP contribution in [0.15, 0.2) is 36.5 Å². The fourth-order valence-corrected chi connectivity index (χ4v) is 5.16. The van der Waals surface area contributed by atoms with Crippen LogP contribution in [-0.2, 0) is 23.8 Å². The summed E-state index contributed by atoms with van der Waals surface area (Å²) in [4.78, 5) is 27.4. The molecule has 7 heteroatoms. The van der Waals surface area contributed by atoms with Crippen molar-refractivity contribution in [2.45, 2.75) is 97.6 Å². The van der Waals surface area contributed by atoms with Crippen molar-refractivity contribution in [2.24, 2.45) is 23.7 Å². The lowest BCUT2D eigenvalue weighted by Gasteiger charge is -2.43. The maximum Gasteiger partial charge on any atom is 0.330 e. The van der Waals surface area contributed by atoms with Crippen LogP contribution in [0, 0.1) is 23.7 Å². The van der Waals surface area contributed by atoms with Crippen molar-refractivity contribution in [3.05, 3.63) is 36.5 Å². The molecular weight excluding hydrogens is 458 g/mol. The molecule has 0 aromatic rings. The molecule has 7 nitrogen and oxygen atoms in total. The number of carbonyl (C=O) groups is 2. The van der Waals surface area contributed by atoms with E-state index in [1.54, 1.807) is 18.2 Å². The predicted octanol–water partition coefficient (Wildman–Crippen LogP) is 4.31. The molecule has 0 aromatic heterocycles. The second kappa shape index (κ2) is 14.2. The number of rotatable bonds is 4. The molecule has 2 aliphatic rings. The predicted molar refractivity (Wildman–Crippen MR) is 141 cm³/mol. The minimum atomic E-state index is -0.814. The van der Waals surface area contributed by atoms with E-state index in [4.69, 9.17) is 14.2 Å². The van der Waals surface area contributed by atoms with E-state index in [-0.39, 0.29) is 59.8 Å². The summed E-state index contributed by atoms with van der Waals surface area (Å²) in [5, 5.41) is 11.0. The molecule has 0 aromatic carbocycles.